The molecule has 0 aliphatic carbocycles. The van der Waals surface area contributed by atoms with Crippen LogP contribution in [-0.4, -0.2) is 13.4 Å². The molecule has 0 saturated carbocycles. The molecule has 0 unspecified atom stereocenters. The van der Waals surface area contributed by atoms with Gasteiger partial charge in [0.2, 0.25) is 10.0 Å². The van der Waals surface area contributed by atoms with Crippen molar-refractivity contribution in [2.75, 3.05) is 0 Å². The quantitative estimate of drug-likeness (QED) is 0.848. The van der Waals surface area contributed by atoms with Gasteiger partial charge in [0, 0.05) is 4.47 Å². The third-order valence-corrected chi connectivity index (χ3v) is 3.49. The zero-order valence-corrected chi connectivity index (χ0v) is 10.1. The normalized spacial score (nSPS) is 12.1. The van der Waals surface area contributed by atoms with Crippen molar-refractivity contribution in [1.82, 2.24) is 4.98 Å². The number of nitrogens with zero attached hydrogens (tertiary/aromatic N) is 1. The summed E-state index contributed by atoms with van der Waals surface area (Å²) in [5.74, 6) is 0. The molecule has 9 heteroatoms. The van der Waals surface area contributed by atoms with E-state index in [1.807, 2.05) is 0 Å². The van der Waals surface area contributed by atoms with Crippen molar-refractivity contribution in [3.05, 3.63) is 21.4 Å². The molecule has 0 saturated heterocycles. The lowest BCUT2D eigenvalue weighted by molar-refractivity contribution is 0.142. The third kappa shape index (κ3) is 2.83. The Morgan fingerprint density at radius 2 is 2.07 bits per heavy atom. The number of alkyl halides is 2. The van der Waals surface area contributed by atoms with Crippen LogP contribution < -0.4 is 5.14 Å². The maximum atomic E-state index is 12.5. The minimum atomic E-state index is -4.27. The number of primary sulfonamides is 1. The first-order chi connectivity index (χ1) is 6.73. The zero-order chi connectivity index (χ0) is 11.8. The molecule has 0 spiro atoms. The molecule has 1 aromatic heterocycles. The van der Waals surface area contributed by atoms with E-state index in [1.165, 1.54) is 0 Å². The molecule has 15 heavy (non-hydrogen) atoms. The summed E-state index contributed by atoms with van der Waals surface area (Å²) in [5, 5.41) is 4.53. The molecular weight excluding hydrogens is 317 g/mol. The molecule has 0 fully saturated rings. The highest BCUT2D eigenvalue weighted by atomic mass is 79.9. The van der Waals surface area contributed by atoms with E-state index in [9.17, 15) is 17.2 Å². The van der Waals surface area contributed by atoms with E-state index in [1.54, 1.807) is 0 Å². The van der Waals surface area contributed by atoms with E-state index in [0.717, 1.165) is 6.07 Å². The number of halogens is 4. The second-order valence-corrected chi connectivity index (χ2v) is 5.23. The highest BCUT2D eigenvalue weighted by Gasteiger charge is 2.26. The molecule has 0 radical (unpaired) electrons. The lowest BCUT2D eigenvalue weighted by Gasteiger charge is -2.08. The Labute approximate surface area is 97.6 Å². The van der Waals surface area contributed by atoms with Crippen molar-refractivity contribution in [2.24, 2.45) is 5.14 Å². The van der Waals surface area contributed by atoms with Crippen LogP contribution in [0.2, 0.25) is 5.15 Å². The Bertz CT molecular complexity index is 494. The molecule has 0 amide bonds. The Morgan fingerprint density at radius 3 is 2.47 bits per heavy atom. The second kappa shape index (κ2) is 4.28. The lowest BCUT2D eigenvalue weighted by Crippen LogP contribution is -2.16. The molecule has 0 aliphatic rings. The maximum Gasteiger partial charge on any atom is 0.281 e. The largest absolute Gasteiger partial charge is 0.281 e. The van der Waals surface area contributed by atoms with E-state index in [0.29, 0.717) is 0 Å². The zero-order valence-electron chi connectivity index (χ0n) is 6.92. The molecule has 1 rings (SSSR count). The number of rotatable bonds is 2. The Morgan fingerprint density at radius 1 is 1.53 bits per heavy atom. The molecule has 0 aromatic carbocycles. The van der Waals surface area contributed by atoms with Gasteiger partial charge >= 0.3 is 0 Å². The summed E-state index contributed by atoms with van der Waals surface area (Å²) < 4.78 is 46.8. The molecule has 4 nitrogen and oxygen atoms in total. The van der Waals surface area contributed by atoms with Gasteiger partial charge in [-0.1, -0.05) is 11.6 Å². The smallest absolute Gasteiger partial charge is 0.234 e. The predicted molar refractivity (Wildman–Crippen MR) is 53.3 cm³/mol. The topological polar surface area (TPSA) is 73.1 Å². The SMILES string of the molecule is NS(=O)(=O)c1c(Br)cc(Cl)nc1C(F)F. The summed E-state index contributed by atoms with van der Waals surface area (Å²) in [6.07, 6.45) is -3.08. The van der Waals surface area contributed by atoms with Crippen LogP contribution in [0.25, 0.3) is 0 Å². The number of hydrogen-bond acceptors (Lipinski definition) is 3. The molecule has 84 valence electrons. The molecule has 1 heterocycles. The first-order valence-corrected chi connectivity index (χ1v) is 6.12. The van der Waals surface area contributed by atoms with Crippen LogP contribution in [0.3, 0.4) is 0 Å². The fourth-order valence-corrected chi connectivity index (χ4v) is 3.11. The molecule has 0 atom stereocenters. The molecule has 0 bridgehead atoms. The Balaban J connectivity index is 3.62. The number of hydrogen-bond donors (Lipinski definition) is 1. The molecule has 0 aliphatic heterocycles. The fourth-order valence-electron chi connectivity index (χ4n) is 0.920. The lowest BCUT2D eigenvalue weighted by atomic mass is 10.3. The fraction of sp³-hybridized carbons (Fsp3) is 0.167. The van der Waals surface area contributed by atoms with Gasteiger partial charge in [-0.15, -0.1) is 0 Å². The van der Waals surface area contributed by atoms with Gasteiger partial charge in [0.15, 0.2) is 0 Å². The number of pyridine rings is 1. The summed E-state index contributed by atoms with van der Waals surface area (Å²) in [6.45, 7) is 0. The van der Waals surface area contributed by atoms with Crippen molar-refractivity contribution in [3.8, 4) is 0 Å². The maximum absolute atomic E-state index is 12.5. The van der Waals surface area contributed by atoms with Gasteiger partial charge in [-0.3, -0.25) is 0 Å². The summed E-state index contributed by atoms with van der Waals surface area (Å²) >= 11 is 8.19. The van der Waals surface area contributed by atoms with Crippen molar-refractivity contribution in [3.63, 3.8) is 0 Å². The first-order valence-electron chi connectivity index (χ1n) is 3.40. The van der Waals surface area contributed by atoms with Gasteiger partial charge in [-0.05, 0) is 22.0 Å². The van der Waals surface area contributed by atoms with Crippen molar-refractivity contribution in [1.29, 1.82) is 0 Å². The third-order valence-electron chi connectivity index (χ3n) is 1.41. The average Bonchev–Trinajstić information content (AvgIpc) is 1.99. The average molecular weight is 322 g/mol. The Hall–Kier alpha value is -0.310. The summed E-state index contributed by atoms with van der Waals surface area (Å²) in [6, 6.07) is 1.08. The van der Waals surface area contributed by atoms with E-state index < -0.39 is 27.0 Å². The van der Waals surface area contributed by atoms with Crippen LogP contribution in [-0.2, 0) is 10.0 Å². The van der Waals surface area contributed by atoms with Crippen molar-refractivity contribution < 1.29 is 17.2 Å². The van der Waals surface area contributed by atoms with Crippen molar-refractivity contribution in [2.45, 2.75) is 11.3 Å². The van der Waals surface area contributed by atoms with Crippen LogP contribution in [0.4, 0.5) is 8.78 Å². The number of nitrogens with two attached hydrogens (primary N) is 1. The van der Waals surface area contributed by atoms with E-state index >= 15 is 0 Å². The van der Waals surface area contributed by atoms with Gasteiger partial charge in [-0.2, -0.15) is 0 Å². The molecule has 1 aromatic rings. The predicted octanol–water partition coefficient (Wildman–Crippen LogP) is 2.08. The Kier molecular flexibility index (Phi) is 3.64. The minimum absolute atomic E-state index is 0.139. The van der Waals surface area contributed by atoms with Crippen LogP contribution >= 0.6 is 27.5 Å². The van der Waals surface area contributed by atoms with Gasteiger partial charge in [-0.25, -0.2) is 27.3 Å². The summed E-state index contributed by atoms with van der Waals surface area (Å²) in [5.41, 5.74) is -0.961. The number of aromatic nitrogens is 1. The van der Waals surface area contributed by atoms with E-state index in [2.05, 4.69) is 20.9 Å². The van der Waals surface area contributed by atoms with Crippen LogP contribution in [0.5, 0.6) is 0 Å². The standard InChI is InChI=1S/C6H4BrClF2N2O2S/c7-2-1-3(8)12-4(6(9)10)5(2)15(11,13)14/h1,6H,(H2,11,13,14). The van der Waals surface area contributed by atoms with Crippen LogP contribution in [0.1, 0.15) is 12.1 Å². The first kappa shape index (κ1) is 12.8. The summed E-state index contributed by atoms with van der Waals surface area (Å²) in [4.78, 5) is 2.48. The highest BCUT2D eigenvalue weighted by Crippen LogP contribution is 2.31. The van der Waals surface area contributed by atoms with Gasteiger partial charge in [0.1, 0.15) is 15.7 Å². The van der Waals surface area contributed by atoms with Gasteiger partial charge in [0.05, 0.1) is 0 Å². The van der Waals surface area contributed by atoms with Gasteiger partial charge < -0.3 is 0 Å². The van der Waals surface area contributed by atoms with Gasteiger partial charge in [0.25, 0.3) is 6.43 Å². The van der Waals surface area contributed by atoms with E-state index in [4.69, 9.17) is 16.7 Å². The minimum Gasteiger partial charge on any atom is -0.234 e. The van der Waals surface area contributed by atoms with E-state index in [-0.39, 0.29) is 9.63 Å². The monoisotopic (exact) mass is 320 g/mol. The van der Waals surface area contributed by atoms with Crippen molar-refractivity contribution >= 4 is 37.6 Å². The molecular formula is C6H4BrClF2N2O2S. The molecule has 2 N–H and O–H groups in total. The van der Waals surface area contributed by atoms with Crippen LogP contribution in [0, 0.1) is 0 Å². The summed E-state index contributed by atoms with van der Waals surface area (Å²) in [7, 11) is -4.27. The highest BCUT2D eigenvalue weighted by molar-refractivity contribution is 9.10. The number of sulfonamides is 1. The van der Waals surface area contributed by atoms with Crippen LogP contribution in [0.15, 0.2) is 15.4 Å². The second-order valence-electron chi connectivity index (χ2n) is 2.49.